The fourth-order valence-electron chi connectivity index (χ4n) is 2.43. The van der Waals surface area contributed by atoms with Crippen LogP contribution in [0.3, 0.4) is 0 Å². The van der Waals surface area contributed by atoms with Crippen LogP contribution >= 0.6 is 0 Å². The van der Waals surface area contributed by atoms with E-state index in [4.69, 9.17) is 14.0 Å². The average Bonchev–Trinajstić information content (AvgIpc) is 3.29. The Hall–Kier alpha value is -3.35. The number of carbonyl (C=O) groups is 1. The van der Waals surface area contributed by atoms with Gasteiger partial charge >= 0.3 is 0 Å². The Balaban J connectivity index is 1.45. The van der Waals surface area contributed by atoms with Gasteiger partial charge in [-0.25, -0.2) is 0 Å². The molecule has 0 spiro atoms. The van der Waals surface area contributed by atoms with E-state index >= 15 is 0 Å². The molecule has 0 saturated carbocycles. The van der Waals surface area contributed by atoms with Crippen LogP contribution in [0.2, 0.25) is 0 Å². The van der Waals surface area contributed by atoms with Crippen LogP contribution in [-0.2, 0) is 6.54 Å². The number of fused-ring (bicyclic) bond motifs is 1. The monoisotopic (exact) mass is 337 g/mol. The minimum atomic E-state index is -0.392. The lowest BCUT2D eigenvalue weighted by atomic mass is 10.1. The van der Waals surface area contributed by atoms with E-state index in [-0.39, 0.29) is 18.5 Å². The maximum absolute atomic E-state index is 12.2. The van der Waals surface area contributed by atoms with Gasteiger partial charge < -0.3 is 19.3 Å². The number of aryl methyl sites for hydroxylation is 1. The summed E-state index contributed by atoms with van der Waals surface area (Å²) in [5.74, 6) is 1.12. The summed E-state index contributed by atoms with van der Waals surface area (Å²) in [6, 6.07) is 13.2. The van der Waals surface area contributed by atoms with Crippen LogP contribution in [0, 0.1) is 6.92 Å². The van der Waals surface area contributed by atoms with Crippen molar-refractivity contribution >= 4 is 5.91 Å². The number of amides is 1. The molecule has 126 valence electrons. The van der Waals surface area contributed by atoms with E-state index < -0.39 is 5.91 Å². The SMILES string of the molecule is Cc1ccc(CNC(=O)c2noc(-c3ccc4c(c3)OCO4)n2)cc1. The summed E-state index contributed by atoms with van der Waals surface area (Å²) in [7, 11) is 0. The fraction of sp³-hybridized carbons (Fsp3) is 0.167. The van der Waals surface area contributed by atoms with Crippen molar-refractivity contribution < 1.29 is 18.8 Å². The summed E-state index contributed by atoms with van der Waals surface area (Å²) in [5, 5.41) is 6.51. The largest absolute Gasteiger partial charge is 0.454 e. The molecule has 3 aromatic rings. The number of rotatable bonds is 4. The van der Waals surface area contributed by atoms with Crippen molar-refractivity contribution in [1.82, 2.24) is 15.5 Å². The van der Waals surface area contributed by atoms with Gasteiger partial charge in [-0.2, -0.15) is 4.98 Å². The molecular formula is C18H15N3O4. The van der Waals surface area contributed by atoms with Crippen LogP contribution in [0.4, 0.5) is 0 Å². The molecule has 1 aliphatic heterocycles. The van der Waals surface area contributed by atoms with Crippen LogP contribution in [-0.4, -0.2) is 22.8 Å². The highest BCUT2D eigenvalue weighted by Crippen LogP contribution is 2.35. The van der Waals surface area contributed by atoms with Gasteiger partial charge in [0.25, 0.3) is 17.6 Å². The number of hydrogen-bond acceptors (Lipinski definition) is 6. The molecule has 1 amide bonds. The molecule has 0 unspecified atom stereocenters. The third kappa shape index (κ3) is 3.16. The molecule has 0 radical (unpaired) electrons. The Morgan fingerprint density at radius 2 is 1.92 bits per heavy atom. The molecule has 0 atom stereocenters. The smallest absolute Gasteiger partial charge is 0.292 e. The quantitative estimate of drug-likeness (QED) is 0.788. The summed E-state index contributed by atoms with van der Waals surface area (Å²) < 4.78 is 15.8. The zero-order valence-corrected chi connectivity index (χ0v) is 13.5. The second kappa shape index (κ2) is 6.27. The first-order chi connectivity index (χ1) is 12.2. The normalized spacial score (nSPS) is 12.2. The highest BCUT2D eigenvalue weighted by atomic mass is 16.7. The summed E-state index contributed by atoms with van der Waals surface area (Å²) in [4.78, 5) is 16.3. The molecule has 25 heavy (non-hydrogen) atoms. The third-order valence-corrected chi connectivity index (χ3v) is 3.82. The molecule has 1 aromatic heterocycles. The zero-order chi connectivity index (χ0) is 17.2. The van der Waals surface area contributed by atoms with Crippen LogP contribution < -0.4 is 14.8 Å². The Bertz CT molecular complexity index is 918. The average molecular weight is 337 g/mol. The molecule has 7 heteroatoms. The van der Waals surface area contributed by atoms with Crippen LogP contribution in [0.5, 0.6) is 11.5 Å². The van der Waals surface area contributed by atoms with Crippen molar-refractivity contribution in [1.29, 1.82) is 0 Å². The minimum Gasteiger partial charge on any atom is -0.454 e. The van der Waals surface area contributed by atoms with E-state index in [1.54, 1.807) is 18.2 Å². The lowest BCUT2D eigenvalue weighted by molar-refractivity contribution is 0.0937. The van der Waals surface area contributed by atoms with E-state index in [1.165, 1.54) is 5.56 Å². The van der Waals surface area contributed by atoms with Crippen molar-refractivity contribution in [3.8, 4) is 23.0 Å². The van der Waals surface area contributed by atoms with Crippen molar-refractivity contribution in [2.24, 2.45) is 0 Å². The van der Waals surface area contributed by atoms with Gasteiger partial charge in [0.15, 0.2) is 11.5 Å². The number of nitrogens with one attached hydrogen (secondary N) is 1. The number of carbonyl (C=O) groups excluding carboxylic acids is 1. The summed E-state index contributed by atoms with van der Waals surface area (Å²) in [6.07, 6.45) is 0. The number of ether oxygens (including phenoxy) is 2. The van der Waals surface area contributed by atoms with Crippen molar-refractivity contribution in [2.75, 3.05) is 6.79 Å². The van der Waals surface area contributed by atoms with Gasteiger partial charge in [0, 0.05) is 12.1 Å². The van der Waals surface area contributed by atoms with E-state index in [0.29, 0.717) is 23.6 Å². The van der Waals surface area contributed by atoms with E-state index in [1.807, 2.05) is 31.2 Å². The second-order valence-corrected chi connectivity index (χ2v) is 5.66. The van der Waals surface area contributed by atoms with Crippen LogP contribution in [0.15, 0.2) is 47.0 Å². The summed E-state index contributed by atoms with van der Waals surface area (Å²) in [6.45, 7) is 2.60. The summed E-state index contributed by atoms with van der Waals surface area (Å²) >= 11 is 0. The zero-order valence-electron chi connectivity index (χ0n) is 13.5. The molecule has 0 fully saturated rings. The van der Waals surface area contributed by atoms with E-state index in [2.05, 4.69) is 15.5 Å². The topological polar surface area (TPSA) is 86.5 Å². The Morgan fingerprint density at radius 1 is 1.12 bits per heavy atom. The number of aromatic nitrogens is 2. The van der Waals surface area contributed by atoms with E-state index in [0.717, 1.165) is 5.56 Å². The lowest BCUT2D eigenvalue weighted by Crippen LogP contribution is -2.23. The lowest BCUT2D eigenvalue weighted by Gasteiger charge is -2.02. The number of nitrogens with zero attached hydrogens (tertiary/aromatic N) is 2. The molecule has 2 aromatic carbocycles. The van der Waals surface area contributed by atoms with Gasteiger partial charge in [-0.15, -0.1) is 0 Å². The van der Waals surface area contributed by atoms with Crippen molar-refractivity contribution in [3.63, 3.8) is 0 Å². The molecule has 0 aliphatic carbocycles. The number of benzene rings is 2. The predicted octanol–water partition coefficient (Wildman–Crippen LogP) is 2.70. The molecule has 0 saturated heterocycles. The standard InChI is InChI=1S/C18H15N3O4/c1-11-2-4-12(5-3-11)9-19-17(22)16-20-18(25-21-16)13-6-7-14-15(8-13)24-10-23-14/h2-8H,9-10H2,1H3,(H,19,22). The van der Waals surface area contributed by atoms with Gasteiger partial charge in [-0.05, 0) is 30.7 Å². The van der Waals surface area contributed by atoms with Crippen molar-refractivity contribution in [2.45, 2.75) is 13.5 Å². The van der Waals surface area contributed by atoms with E-state index in [9.17, 15) is 4.79 Å². The second-order valence-electron chi connectivity index (χ2n) is 5.66. The highest BCUT2D eigenvalue weighted by molar-refractivity contribution is 5.90. The highest BCUT2D eigenvalue weighted by Gasteiger charge is 2.19. The maximum atomic E-state index is 12.2. The maximum Gasteiger partial charge on any atom is 0.292 e. The van der Waals surface area contributed by atoms with Gasteiger partial charge in [0.05, 0.1) is 0 Å². The molecule has 2 heterocycles. The minimum absolute atomic E-state index is 0.0141. The molecule has 7 nitrogen and oxygen atoms in total. The molecule has 1 N–H and O–H groups in total. The Kier molecular flexibility index (Phi) is 3.81. The number of hydrogen-bond donors (Lipinski definition) is 1. The van der Waals surface area contributed by atoms with Gasteiger partial charge in [-0.1, -0.05) is 35.0 Å². The molecule has 0 bridgehead atoms. The Morgan fingerprint density at radius 3 is 2.76 bits per heavy atom. The summed E-state index contributed by atoms with van der Waals surface area (Å²) in [5.41, 5.74) is 2.83. The van der Waals surface area contributed by atoms with Crippen molar-refractivity contribution in [3.05, 3.63) is 59.4 Å². The van der Waals surface area contributed by atoms with Gasteiger partial charge in [0.2, 0.25) is 6.79 Å². The third-order valence-electron chi connectivity index (χ3n) is 3.82. The predicted molar refractivity (Wildman–Crippen MR) is 88.2 cm³/mol. The molecule has 4 rings (SSSR count). The molecular weight excluding hydrogens is 322 g/mol. The first-order valence-corrected chi connectivity index (χ1v) is 7.76. The fourth-order valence-corrected chi connectivity index (χ4v) is 2.43. The first kappa shape index (κ1) is 15.2. The molecule has 1 aliphatic rings. The van der Waals surface area contributed by atoms with Gasteiger partial charge in [-0.3, -0.25) is 4.79 Å². The van der Waals surface area contributed by atoms with Crippen LogP contribution in [0.1, 0.15) is 21.7 Å². The first-order valence-electron chi connectivity index (χ1n) is 7.76. The van der Waals surface area contributed by atoms with Gasteiger partial charge in [0.1, 0.15) is 0 Å². The van der Waals surface area contributed by atoms with Crippen LogP contribution in [0.25, 0.3) is 11.5 Å². The Labute approximate surface area is 143 Å².